The Morgan fingerprint density at radius 2 is 1.77 bits per heavy atom. The van der Waals surface area contributed by atoms with E-state index in [2.05, 4.69) is 18.7 Å². The number of carbonyl (C=O) groups is 2. The van der Waals surface area contributed by atoms with E-state index in [1.165, 1.54) is 0 Å². The van der Waals surface area contributed by atoms with Crippen molar-refractivity contribution < 1.29 is 9.59 Å². The first kappa shape index (κ1) is 22.7. The zero-order valence-electron chi connectivity index (χ0n) is 18.9. The van der Waals surface area contributed by atoms with Gasteiger partial charge in [0.05, 0.1) is 5.56 Å². The molecule has 3 rings (SSSR count). The fourth-order valence-corrected chi connectivity index (χ4v) is 4.02. The van der Waals surface area contributed by atoms with E-state index < -0.39 is 0 Å². The fourth-order valence-electron chi connectivity index (χ4n) is 4.02. The SMILES string of the molecule is CC(C)CC(=O)N1CCCN(c2ccc(N)cc2C(=O)N(C)Cc2ccccc2)CC1. The van der Waals surface area contributed by atoms with Crippen LogP contribution in [0.2, 0.25) is 0 Å². The third-order valence-corrected chi connectivity index (χ3v) is 5.63. The van der Waals surface area contributed by atoms with Crippen LogP contribution in [-0.2, 0) is 11.3 Å². The van der Waals surface area contributed by atoms with Gasteiger partial charge in [-0.3, -0.25) is 9.59 Å². The number of amides is 2. The van der Waals surface area contributed by atoms with Crippen LogP contribution in [0.3, 0.4) is 0 Å². The molecule has 1 saturated heterocycles. The molecular formula is C25H34N4O2. The van der Waals surface area contributed by atoms with Gasteiger partial charge in [0.25, 0.3) is 5.91 Å². The summed E-state index contributed by atoms with van der Waals surface area (Å²) in [4.78, 5) is 31.7. The van der Waals surface area contributed by atoms with Crippen molar-refractivity contribution in [3.05, 3.63) is 59.7 Å². The maximum absolute atomic E-state index is 13.3. The zero-order valence-corrected chi connectivity index (χ0v) is 18.9. The van der Waals surface area contributed by atoms with Gasteiger partial charge in [-0.15, -0.1) is 0 Å². The van der Waals surface area contributed by atoms with Crippen LogP contribution < -0.4 is 10.6 Å². The Balaban J connectivity index is 1.76. The lowest BCUT2D eigenvalue weighted by Crippen LogP contribution is -2.36. The van der Waals surface area contributed by atoms with E-state index in [-0.39, 0.29) is 11.8 Å². The van der Waals surface area contributed by atoms with Crippen LogP contribution in [-0.4, -0.2) is 54.8 Å². The monoisotopic (exact) mass is 422 g/mol. The Labute approximate surface area is 185 Å². The number of anilines is 2. The van der Waals surface area contributed by atoms with Gasteiger partial charge in [0, 0.05) is 57.6 Å². The lowest BCUT2D eigenvalue weighted by atomic mass is 10.1. The second-order valence-corrected chi connectivity index (χ2v) is 8.74. The third kappa shape index (κ3) is 6.00. The molecule has 1 aliphatic heterocycles. The molecule has 0 bridgehead atoms. The minimum absolute atomic E-state index is 0.0526. The molecule has 6 nitrogen and oxygen atoms in total. The van der Waals surface area contributed by atoms with Crippen LogP contribution >= 0.6 is 0 Å². The predicted octanol–water partition coefficient (Wildman–Crippen LogP) is 3.63. The van der Waals surface area contributed by atoms with Gasteiger partial charge in [-0.1, -0.05) is 44.2 Å². The molecule has 1 heterocycles. The Bertz CT molecular complexity index is 898. The van der Waals surface area contributed by atoms with Gasteiger partial charge in [-0.2, -0.15) is 0 Å². The van der Waals surface area contributed by atoms with Crippen LogP contribution in [0, 0.1) is 5.92 Å². The minimum atomic E-state index is -0.0526. The number of nitrogens with two attached hydrogens (primary N) is 1. The van der Waals surface area contributed by atoms with E-state index in [0.29, 0.717) is 43.2 Å². The molecule has 31 heavy (non-hydrogen) atoms. The minimum Gasteiger partial charge on any atom is -0.399 e. The summed E-state index contributed by atoms with van der Waals surface area (Å²) in [6.45, 7) is 7.61. The summed E-state index contributed by atoms with van der Waals surface area (Å²) in [5.41, 5.74) is 9.20. The van der Waals surface area contributed by atoms with Gasteiger partial charge in [0.1, 0.15) is 0 Å². The summed E-state index contributed by atoms with van der Waals surface area (Å²) in [6.07, 6.45) is 1.46. The summed E-state index contributed by atoms with van der Waals surface area (Å²) < 4.78 is 0. The maximum Gasteiger partial charge on any atom is 0.256 e. The molecule has 0 aliphatic carbocycles. The highest BCUT2D eigenvalue weighted by Gasteiger charge is 2.24. The van der Waals surface area contributed by atoms with Gasteiger partial charge in [-0.05, 0) is 36.1 Å². The Hall–Kier alpha value is -3.02. The van der Waals surface area contributed by atoms with Crippen molar-refractivity contribution in [2.24, 2.45) is 5.92 Å². The molecule has 2 amide bonds. The average molecular weight is 423 g/mol. The molecule has 0 unspecified atom stereocenters. The Morgan fingerprint density at radius 3 is 2.48 bits per heavy atom. The molecule has 166 valence electrons. The van der Waals surface area contributed by atoms with Crippen molar-refractivity contribution in [3.8, 4) is 0 Å². The van der Waals surface area contributed by atoms with Crippen molar-refractivity contribution in [1.29, 1.82) is 0 Å². The van der Waals surface area contributed by atoms with E-state index in [1.807, 2.05) is 54.4 Å². The van der Waals surface area contributed by atoms with Gasteiger partial charge in [0.15, 0.2) is 0 Å². The Morgan fingerprint density at radius 1 is 1.03 bits per heavy atom. The molecule has 0 spiro atoms. The number of benzene rings is 2. The second kappa shape index (κ2) is 10.3. The summed E-state index contributed by atoms with van der Waals surface area (Å²) in [5, 5.41) is 0. The second-order valence-electron chi connectivity index (χ2n) is 8.74. The molecule has 1 aliphatic rings. The van der Waals surface area contributed by atoms with Crippen molar-refractivity contribution in [2.75, 3.05) is 43.9 Å². The number of rotatable bonds is 6. The van der Waals surface area contributed by atoms with Crippen LogP contribution in [0.25, 0.3) is 0 Å². The van der Waals surface area contributed by atoms with Crippen LogP contribution in [0.15, 0.2) is 48.5 Å². The summed E-state index contributed by atoms with van der Waals surface area (Å²) in [7, 11) is 1.82. The fraction of sp³-hybridized carbons (Fsp3) is 0.440. The van der Waals surface area contributed by atoms with E-state index >= 15 is 0 Å². The van der Waals surface area contributed by atoms with Gasteiger partial charge in [0.2, 0.25) is 5.91 Å². The van der Waals surface area contributed by atoms with Crippen molar-refractivity contribution in [2.45, 2.75) is 33.2 Å². The molecular weight excluding hydrogens is 388 g/mol. The summed E-state index contributed by atoms with van der Waals surface area (Å²) in [6, 6.07) is 15.5. The molecule has 0 aromatic heterocycles. The van der Waals surface area contributed by atoms with Crippen molar-refractivity contribution >= 4 is 23.2 Å². The number of nitrogen functional groups attached to an aromatic ring is 1. The first-order valence-corrected chi connectivity index (χ1v) is 11.1. The molecule has 0 saturated carbocycles. The number of carbonyl (C=O) groups excluding carboxylic acids is 2. The Kier molecular flexibility index (Phi) is 7.55. The van der Waals surface area contributed by atoms with Gasteiger partial charge in [-0.25, -0.2) is 0 Å². The summed E-state index contributed by atoms with van der Waals surface area (Å²) >= 11 is 0. The van der Waals surface area contributed by atoms with Crippen molar-refractivity contribution in [1.82, 2.24) is 9.80 Å². The smallest absolute Gasteiger partial charge is 0.256 e. The molecule has 0 radical (unpaired) electrons. The lowest BCUT2D eigenvalue weighted by Gasteiger charge is -2.27. The molecule has 0 atom stereocenters. The molecule has 6 heteroatoms. The molecule has 2 N–H and O–H groups in total. The third-order valence-electron chi connectivity index (χ3n) is 5.63. The molecule has 2 aromatic rings. The first-order valence-electron chi connectivity index (χ1n) is 11.1. The van der Waals surface area contributed by atoms with Gasteiger partial charge >= 0.3 is 0 Å². The highest BCUT2D eigenvalue weighted by atomic mass is 16.2. The van der Waals surface area contributed by atoms with Crippen LogP contribution in [0.5, 0.6) is 0 Å². The zero-order chi connectivity index (χ0) is 22.4. The normalized spacial score (nSPS) is 14.5. The van der Waals surface area contributed by atoms with E-state index in [0.717, 1.165) is 30.8 Å². The number of hydrogen-bond acceptors (Lipinski definition) is 4. The first-order chi connectivity index (χ1) is 14.8. The van der Waals surface area contributed by atoms with Crippen LogP contribution in [0.1, 0.15) is 42.6 Å². The topological polar surface area (TPSA) is 69.9 Å². The van der Waals surface area contributed by atoms with Gasteiger partial charge < -0.3 is 20.4 Å². The van der Waals surface area contributed by atoms with E-state index in [4.69, 9.17) is 5.73 Å². The average Bonchev–Trinajstić information content (AvgIpc) is 2.99. The number of nitrogens with zero attached hydrogens (tertiary/aromatic N) is 3. The predicted molar refractivity (Wildman–Crippen MR) is 126 cm³/mol. The molecule has 1 fully saturated rings. The maximum atomic E-state index is 13.3. The standard InChI is InChI=1S/C25H34N4O2/c1-19(2)16-24(30)29-13-7-12-28(14-15-29)23-11-10-21(26)17-22(23)25(31)27(3)18-20-8-5-4-6-9-20/h4-6,8-11,17,19H,7,12-16,18,26H2,1-3H3. The highest BCUT2D eigenvalue weighted by molar-refractivity contribution is 6.00. The largest absolute Gasteiger partial charge is 0.399 e. The lowest BCUT2D eigenvalue weighted by molar-refractivity contribution is -0.131. The summed E-state index contributed by atoms with van der Waals surface area (Å²) in [5.74, 6) is 0.518. The van der Waals surface area contributed by atoms with E-state index in [9.17, 15) is 9.59 Å². The van der Waals surface area contributed by atoms with Crippen molar-refractivity contribution in [3.63, 3.8) is 0 Å². The van der Waals surface area contributed by atoms with Crippen LogP contribution in [0.4, 0.5) is 11.4 Å². The quantitative estimate of drug-likeness (QED) is 0.722. The molecule has 2 aromatic carbocycles. The highest BCUT2D eigenvalue weighted by Crippen LogP contribution is 2.26. The number of hydrogen-bond donors (Lipinski definition) is 1. The van der Waals surface area contributed by atoms with E-state index in [1.54, 1.807) is 11.0 Å².